The summed E-state index contributed by atoms with van der Waals surface area (Å²) in [5.74, 6) is 0. The van der Waals surface area contributed by atoms with Crippen LogP contribution in [0, 0.1) is 0 Å². The molecule has 0 radical (unpaired) electrons. The van der Waals surface area contributed by atoms with Crippen LogP contribution in [0.4, 0.5) is 0 Å². The minimum Gasteiger partial charge on any atom is -0.379 e. The first-order chi connectivity index (χ1) is 9.48. The Morgan fingerprint density at radius 3 is 2.75 bits per heavy atom. The Hall–Kier alpha value is -0.910. The largest absolute Gasteiger partial charge is 0.379 e. The van der Waals surface area contributed by atoms with Gasteiger partial charge in [0, 0.05) is 48.9 Å². The maximum atomic E-state index is 5.39. The molecule has 0 unspecified atom stereocenters. The molecule has 1 saturated heterocycles. The third-order valence-corrected chi connectivity index (χ3v) is 3.89. The Bertz CT molecular complexity index is 404. The molecular weight excluding hydrogens is 252 g/mol. The SMILES string of the molecule is C[C@@H](CNCc1cn[nH]c1C(C)(C)C)N1CCOCC1. The predicted octanol–water partition coefficient (Wildman–Crippen LogP) is 1.52. The Kier molecular flexibility index (Phi) is 5.18. The second-order valence-electron chi connectivity index (χ2n) is 6.65. The zero-order valence-electron chi connectivity index (χ0n) is 13.2. The normalized spacial score (nSPS) is 19.2. The molecule has 1 aromatic heterocycles. The molecular formula is C15H28N4O. The number of H-pyrrole nitrogens is 1. The monoisotopic (exact) mass is 280 g/mol. The van der Waals surface area contributed by atoms with E-state index >= 15 is 0 Å². The van der Waals surface area contributed by atoms with Gasteiger partial charge in [-0.25, -0.2) is 0 Å². The van der Waals surface area contributed by atoms with Gasteiger partial charge >= 0.3 is 0 Å². The highest BCUT2D eigenvalue weighted by Gasteiger charge is 2.20. The van der Waals surface area contributed by atoms with E-state index < -0.39 is 0 Å². The molecule has 0 bridgehead atoms. The van der Waals surface area contributed by atoms with Crippen molar-refractivity contribution in [3.05, 3.63) is 17.5 Å². The standard InChI is InChI=1S/C15H28N4O/c1-12(19-5-7-20-8-6-19)9-16-10-13-11-17-18-14(13)15(2,3)4/h11-12,16H,5-10H2,1-4H3,(H,17,18)/t12-/m0/s1. The first kappa shape index (κ1) is 15.5. The highest BCUT2D eigenvalue weighted by molar-refractivity contribution is 5.23. The average Bonchev–Trinajstić information content (AvgIpc) is 2.88. The Morgan fingerprint density at radius 2 is 2.10 bits per heavy atom. The van der Waals surface area contributed by atoms with Crippen LogP contribution in [0.25, 0.3) is 0 Å². The summed E-state index contributed by atoms with van der Waals surface area (Å²) in [6, 6.07) is 0.545. The summed E-state index contributed by atoms with van der Waals surface area (Å²) in [6.45, 7) is 14.6. The Morgan fingerprint density at radius 1 is 1.40 bits per heavy atom. The number of nitrogens with one attached hydrogen (secondary N) is 2. The van der Waals surface area contributed by atoms with Crippen LogP contribution >= 0.6 is 0 Å². The van der Waals surface area contributed by atoms with Crippen LogP contribution < -0.4 is 5.32 Å². The van der Waals surface area contributed by atoms with E-state index in [2.05, 4.69) is 48.1 Å². The molecule has 114 valence electrons. The van der Waals surface area contributed by atoms with E-state index in [1.807, 2.05) is 6.20 Å². The molecule has 0 aliphatic carbocycles. The summed E-state index contributed by atoms with van der Waals surface area (Å²) in [5, 5.41) is 10.9. The topological polar surface area (TPSA) is 53.2 Å². The molecule has 2 N–H and O–H groups in total. The van der Waals surface area contributed by atoms with Crippen LogP contribution in [0.5, 0.6) is 0 Å². The number of ether oxygens (including phenoxy) is 1. The van der Waals surface area contributed by atoms with Crippen LogP contribution in [-0.2, 0) is 16.7 Å². The van der Waals surface area contributed by atoms with E-state index in [0.29, 0.717) is 6.04 Å². The minimum absolute atomic E-state index is 0.114. The van der Waals surface area contributed by atoms with Gasteiger partial charge in [0.2, 0.25) is 0 Å². The molecule has 5 heteroatoms. The number of rotatable bonds is 5. The lowest BCUT2D eigenvalue weighted by Gasteiger charge is -2.32. The van der Waals surface area contributed by atoms with Crippen molar-refractivity contribution in [3.63, 3.8) is 0 Å². The fourth-order valence-electron chi connectivity index (χ4n) is 2.66. The number of aromatic amines is 1. The smallest absolute Gasteiger partial charge is 0.0594 e. The van der Waals surface area contributed by atoms with Crippen LogP contribution in [0.3, 0.4) is 0 Å². The molecule has 20 heavy (non-hydrogen) atoms. The zero-order chi connectivity index (χ0) is 14.6. The lowest BCUT2D eigenvalue weighted by molar-refractivity contribution is 0.0203. The van der Waals surface area contributed by atoms with E-state index in [1.54, 1.807) is 0 Å². The van der Waals surface area contributed by atoms with Gasteiger partial charge < -0.3 is 10.1 Å². The van der Waals surface area contributed by atoms with Gasteiger partial charge in [0.25, 0.3) is 0 Å². The number of hydrogen-bond acceptors (Lipinski definition) is 4. The zero-order valence-corrected chi connectivity index (χ0v) is 13.2. The first-order valence-corrected chi connectivity index (χ1v) is 7.53. The molecule has 0 amide bonds. The van der Waals surface area contributed by atoms with Gasteiger partial charge in [0.1, 0.15) is 0 Å². The van der Waals surface area contributed by atoms with E-state index in [9.17, 15) is 0 Å². The third kappa shape index (κ3) is 4.04. The molecule has 2 rings (SSSR count). The van der Waals surface area contributed by atoms with Crippen LogP contribution in [0.2, 0.25) is 0 Å². The summed E-state index contributed by atoms with van der Waals surface area (Å²) >= 11 is 0. The predicted molar refractivity (Wildman–Crippen MR) is 80.8 cm³/mol. The maximum absolute atomic E-state index is 5.39. The van der Waals surface area contributed by atoms with Crippen LogP contribution in [0.15, 0.2) is 6.20 Å². The van der Waals surface area contributed by atoms with Gasteiger partial charge in [-0.05, 0) is 6.92 Å². The maximum Gasteiger partial charge on any atom is 0.0594 e. The number of aromatic nitrogens is 2. The molecule has 2 heterocycles. The van der Waals surface area contributed by atoms with Gasteiger partial charge in [-0.2, -0.15) is 5.10 Å². The summed E-state index contributed by atoms with van der Waals surface area (Å²) in [4.78, 5) is 2.48. The van der Waals surface area contributed by atoms with Crippen molar-refractivity contribution in [1.82, 2.24) is 20.4 Å². The van der Waals surface area contributed by atoms with Gasteiger partial charge in [-0.3, -0.25) is 10.00 Å². The molecule has 1 aliphatic heterocycles. The molecule has 0 aromatic carbocycles. The molecule has 1 atom stereocenters. The molecule has 0 saturated carbocycles. The van der Waals surface area contributed by atoms with Crippen molar-refractivity contribution in [1.29, 1.82) is 0 Å². The Balaban J connectivity index is 1.79. The summed E-state index contributed by atoms with van der Waals surface area (Å²) in [6.07, 6.45) is 1.94. The molecule has 1 aliphatic rings. The van der Waals surface area contributed by atoms with Crippen molar-refractivity contribution < 1.29 is 4.74 Å². The van der Waals surface area contributed by atoms with Crippen molar-refractivity contribution >= 4 is 0 Å². The quantitative estimate of drug-likeness (QED) is 0.858. The molecule has 1 fully saturated rings. The van der Waals surface area contributed by atoms with Crippen LogP contribution in [0.1, 0.15) is 39.0 Å². The molecule has 0 spiro atoms. The molecule has 1 aromatic rings. The highest BCUT2D eigenvalue weighted by Crippen LogP contribution is 2.23. The van der Waals surface area contributed by atoms with E-state index in [-0.39, 0.29) is 5.41 Å². The fourth-order valence-corrected chi connectivity index (χ4v) is 2.66. The van der Waals surface area contributed by atoms with Crippen LogP contribution in [-0.4, -0.2) is 54.0 Å². The number of hydrogen-bond donors (Lipinski definition) is 2. The summed E-state index contributed by atoms with van der Waals surface area (Å²) < 4.78 is 5.39. The first-order valence-electron chi connectivity index (χ1n) is 7.53. The summed E-state index contributed by atoms with van der Waals surface area (Å²) in [5.41, 5.74) is 2.61. The molecule has 5 nitrogen and oxygen atoms in total. The third-order valence-electron chi connectivity index (χ3n) is 3.89. The minimum atomic E-state index is 0.114. The lowest BCUT2D eigenvalue weighted by atomic mass is 9.89. The van der Waals surface area contributed by atoms with Gasteiger partial charge in [-0.1, -0.05) is 20.8 Å². The highest BCUT2D eigenvalue weighted by atomic mass is 16.5. The van der Waals surface area contributed by atoms with Gasteiger partial charge in [0.05, 0.1) is 19.4 Å². The van der Waals surface area contributed by atoms with Gasteiger partial charge in [-0.15, -0.1) is 0 Å². The second kappa shape index (κ2) is 6.70. The number of nitrogens with zero attached hydrogens (tertiary/aromatic N) is 2. The van der Waals surface area contributed by atoms with E-state index in [0.717, 1.165) is 39.4 Å². The van der Waals surface area contributed by atoms with Crippen molar-refractivity contribution in [2.75, 3.05) is 32.8 Å². The summed E-state index contributed by atoms with van der Waals surface area (Å²) in [7, 11) is 0. The van der Waals surface area contributed by atoms with Crippen molar-refractivity contribution in [3.8, 4) is 0 Å². The number of morpholine rings is 1. The van der Waals surface area contributed by atoms with Crippen molar-refractivity contribution in [2.45, 2.75) is 45.7 Å². The fraction of sp³-hybridized carbons (Fsp3) is 0.800. The lowest BCUT2D eigenvalue weighted by Crippen LogP contribution is -2.46. The van der Waals surface area contributed by atoms with Crippen molar-refractivity contribution in [2.24, 2.45) is 0 Å². The average molecular weight is 280 g/mol. The second-order valence-corrected chi connectivity index (χ2v) is 6.65. The van der Waals surface area contributed by atoms with E-state index in [1.165, 1.54) is 11.3 Å². The van der Waals surface area contributed by atoms with E-state index in [4.69, 9.17) is 4.74 Å². The van der Waals surface area contributed by atoms with Gasteiger partial charge in [0.15, 0.2) is 0 Å². The Labute approximate surface area is 122 Å².